The van der Waals surface area contributed by atoms with Crippen LogP contribution in [0, 0.1) is 10.5 Å². The molecule has 3 rings (SSSR count). The molecule has 0 saturated carbocycles. The van der Waals surface area contributed by atoms with E-state index >= 15 is 0 Å². The van der Waals surface area contributed by atoms with Crippen LogP contribution in [0.3, 0.4) is 0 Å². The Labute approximate surface area is 121 Å². The van der Waals surface area contributed by atoms with Crippen molar-refractivity contribution >= 4 is 28.3 Å². The zero-order chi connectivity index (χ0) is 12.5. The van der Waals surface area contributed by atoms with Crippen LogP contribution in [0.1, 0.15) is 35.8 Å². The number of fused-ring (bicyclic) bond motifs is 1. The number of hydrogen-bond donors (Lipinski definition) is 1. The van der Waals surface area contributed by atoms with E-state index in [2.05, 4.69) is 59.1 Å². The molecule has 0 radical (unpaired) electrons. The van der Waals surface area contributed by atoms with Gasteiger partial charge in [0.05, 0.1) is 12.3 Å². The summed E-state index contributed by atoms with van der Waals surface area (Å²) >= 11 is 2.36. The molecule has 1 unspecified atom stereocenters. The topological polar surface area (TPSA) is 25.2 Å². The lowest BCUT2D eigenvalue weighted by atomic mass is 9.93. The number of aryl methyl sites for hydroxylation is 2. The Morgan fingerprint density at radius 3 is 3.11 bits per heavy atom. The van der Waals surface area contributed by atoms with Gasteiger partial charge >= 0.3 is 0 Å². The second-order valence-electron chi connectivity index (χ2n) is 4.85. The third kappa shape index (κ3) is 2.28. The maximum absolute atomic E-state index is 5.54. The molecule has 0 amide bonds. The molecular weight excluding hydrogens is 337 g/mol. The maximum atomic E-state index is 5.54. The van der Waals surface area contributed by atoms with Crippen LogP contribution in [0.25, 0.3) is 0 Å². The Morgan fingerprint density at radius 1 is 1.33 bits per heavy atom. The van der Waals surface area contributed by atoms with Gasteiger partial charge in [0.1, 0.15) is 5.76 Å². The molecule has 94 valence electrons. The highest BCUT2D eigenvalue weighted by Crippen LogP contribution is 2.34. The van der Waals surface area contributed by atoms with Crippen molar-refractivity contribution in [3.63, 3.8) is 0 Å². The van der Waals surface area contributed by atoms with Crippen molar-refractivity contribution in [2.75, 3.05) is 5.32 Å². The first-order valence-corrected chi connectivity index (χ1v) is 7.41. The lowest BCUT2D eigenvalue weighted by molar-refractivity contribution is 0.461. The average Bonchev–Trinajstić information content (AvgIpc) is 2.83. The molecule has 1 heterocycles. The van der Waals surface area contributed by atoms with E-state index in [1.54, 1.807) is 0 Å². The summed E-state index contributed by atoms with van der Waals surface area (Å²) in [6, 6.07) is 9.03. The maximum Gasteiger partial charge on any atom is 0.109 e. The van der Waals surface area contributed by atoms with E-state index in [0.29, 0.717) is 6.04 Å². The van der Waals surface area contributed by atoms with E-state index < -0.39 is 0 Å². The molecule has 1 aliphatic carbocycles. The van der Waals surface area contributed by atoms with Crippen molar-refractivity contribution in [3.05, 3.63) is 51.0 Å². The monoisotopic (exact) mass is 353 g/mol. The molecule has 1 N–H and O–H groups in total. The molecule has 3 heteroatoms. The molecular formula is C15H16INO. The first-order valence-electron chi connectivity index (χ1n) is 6.33. The van der Waals surface area contributed by atoms with E-state index in [1.807, 2.05) is 6.26 Å². The highest BCUT2D eigenvalue weighted by molar-refractivity contribution is 14.1. The van der Waals surface area contributed by atoms with Crippen molar-refractivity contribution in [1.29, 1.82) is 0 Å². The fourth-order valence-electron chi connectivity index (χ4n) is 2.57. The van der Waals surface area contributed by atoms with Crippen LogP contribution in [0.2, 0.25) is 0 Å². The van der Waals surface area contributed by atoms with Gasteiger partial charge in [-0.05, 0) is 66.1 Å². The molecule has 2 aromatic rings. The Kier molecular flexibility index (Phi) is 3.33. The molecule has 1 aromatic carbocycles. The summed E-state index contributed by atoms with van der Waals surface area (Å²) in [6.45, 7) is 2.15. The third-order valence-electron chi connectivity index (χ3n) is 3.58. The number of anilines is 1. The van der Waals surface area contributed by atoms with Crippen LogP contribution in [0.4, 0.5) is 5.69 Å². The number of rotatable bonds is 2. The SMILES string of the molecule is Cc1ccc(I)cc1NC1CCCc2occc21. The fourth-order valence-corrected chi connectivity index (χ4v) is 3.06. The lowest BCUT2D eigenvalue weighted by Crippen LogP contribution is -2.16. The standard InChI is InChI=1S/C15H16INO/c1-10-5-6-11(16)9-14(10)17-13-3-2-4-15-12(13)7-8-18-15/h5-9,13,17H,2-4H2,1H3. The number of nitrogens with one attached hydrogen (secondary N) is 1. The van der Waals surface area contributed by atoms with Crippen molar-refractivity contribution in [3.8, 4) is 0 Å². The number of benzene rings is 1. The van der Waals surface area contributed by atoms with Gasteiger partial charge in [-0.3, -0.25) is 0 Å². The Morgan fingerprint density at radius 2 is 2.22 bits per heavy atom. The van der Waals surface area contributed by atoms with Gasteiger partial charge in [-0.1, -0.05) is 6.07 Å². The van der Waals surface area contributed by atoms with Gasteiger partial charge in [0, 0.05) is 21.2 Å². The summed E-state index contributed by atoms with van der Waals surface area (Å²) in [6.07, 6.45) is 5.26. The van der Waals surface area contributed by atoms with Gasteiger partial charge in [0.25, 0.3) is 0 Å². The number of halogens is 1. The van der Waals surface area contributed by atoms with Gasteiger partial charge in [-0.2, -0.15) is 0 Å². The van der Waals surface area contributed by atoms with Crippen LogP contribution < -0.4 is 5.32 Å². The summed E-state index contributed by atoms with van der Waals surface area (Å²) in [5.74, 6) is 1.15. The van der Waals surface area contributed by atoms with E-state index in [-0.39, 0.29) is 0 Å². The van der Waals surface area contributed by atoms with Crippen molar-refractivity contribution in [2.45, 2.75) is 32.2 Å². The predicted molar refractivity (Wildman–Crippen MR) is 81.9 cm³/mol. The summed E-state index contributed by atoms with van der Waals surface area (Å²) in [7, 11) is 0. The molecule has 1 atom stereocenters. The first kappa shape index (κ1) is 12.1. The smallest absolute Gasteiger partial charge is 0.109 e. The molecule has 1 aromatic heterocycles. The molecule has 0 saturated heterocycles. The second kappa shape index (κ2) is 4.96. The normalized spacial score (nSPS) is 18.4. The second-order valence-corrected chi connectivity index (χ2v) is 6.09. The van der Waals surface area contributed by atoms with Gasteiger partial charge < -0.3 is 9.73 Å². The van der Waals surface area contributed by atoms with Gasteiger partial charge in [-0.15, -0.1) is 0 Å². The molecule has 0 aliphatic heterocycles. The van der Waals surface area contributed by atoms with E-state index in [1.165, 1.54) is 33.2 Å². The minimum Gasteiger partial charge on any atom is -0.469 e. The van der Waals surface area contributed by atoms with Crippen molar-refractivity contribution < 1.29 is 4.42 Å². The molecule has 2 nitrogen and oxygen atoms in total. The van der Waals surface area contributed by atoms with Crippen LogP contribution in [-0.2, 0) is 6.42 Å². The summed E-state index contributed by atoms with van der Waals surface area (Å²) in [5, 5.41) is 3.67. The van der Waals surface area contributed by atoms with Crippen molar-refractivity contribution in [2.24, 2.45) is 0 Å². The number of hydrogen-bond acceptors (Lipinski definition) is 2. The molecule has 0 bridgehead atoms. The zero-order valence-corrected chi connectivity index (χ0v) is 12.5. The molecule has 18 heavy (non-hydrogen) atoms. The van der Waals surface area contributed by atoms with Crippen LogP contribution in [0.5, 0.6) is 0 Å². The first-order chi connectivity index (χ1) is 8.74. The molecule has 0 spiro atoms. The van der Waals surface area contributed by atoms with Crippen LogP contribution >= 0.6 is 22.6 Å². The minimum atomic E-state index is 0.393. The van der Waals surface area contributed by atoms with Gasteiger partial charge in [0.15, 0.2) is 0 Å². The zero-order valence-electron chi connectivity index (χ0n) is 10.4. The average molecular weight is 353 g/mol. The molecule has 1 aliphatic rings. The summed E-state index contributed by atoms with van der Waals surface area (Å²) < 4.78 is 6.80. The predicted octanol–water partition coefficient (Wildman–Crippen LogP) is 4.68. The fraction of sp³-hybridized carbons (Fsp3) is 0.333. The largest absolute Gasteiger partial charge is 0.469 e. The van der Waals surface area contributed by atoms with Crippen LogP contribution in [-0.4, -0.2) is 0 Å². The lowest BCUT2D eigenvalue weighted by Gasteiger charge is -2.24. The summed E-state index contributed by atoms with van der Waals surface area (Å²) in [4.78, 5) is 0. The van der Waals surface area contributed by atoms with E-state index in [9.17, 15) is 0 Å². The highest BCUT2D eigenvalue weighted by Gasteiger charge is 2.22. The Bertz CT molecular complexity index is 561. The number of furan rings is 1. The van der Waals surface area contributed by atoms with E-state index in [4.69, 9.17) is 4.42 Å². The molecule has 0 fully saturated rings. The van der Waals surface area contributed by atoms with Gasteiger partial charge in [-0.25, -0.2) is 0 Å². The highest BCUT2D eigenvalue weighted by atomic mass is 127. The third-order valence-corrected chi connectivity index (χ3v) is 4.25. The Hall–Kier alpha value is -0.970. The summed E-state index contributed by atoms with van der Waals surface area (Å²) in [5.41, 5.74) is 3.87. The van der Waals surface area contributed by atoms with Gasteiger partial charge in [0.2, 0.25) is 0 Å². The minimum absolute atomic E-state index is 0.393. The van der Waals surface area contributed by atoms with E-state index in [0.717, 1.165) is 12.2 Å². The Balaban J connectivity index is 1.88. The van der Waals surface area contributed by atoms with Crippen molar-refractivity contribution in [1.82, 2.24) is 0 Å². The quantitative estimate of drug-likeness (QED) is 0.793. The van der Waals surface area contributed by atoms with Crippen LogP contribution in [0.15, 0.2) is 34.9 Å².